The van der Waals surface area contributed by atoms with Crippen LogP contribution >= 0.6 is 0 Å². The number of carbonyl (C=O) groups excluding carboxylic acids is 1. The summed E-state index contributed by atoms with van der Waals surface area (Å²) >= 11 is 0. The minimum Gasteiger partial charge on any atom is -0.316 e. The van der Waals surface area contributed by atoms with E-state index in [0.717, 1.165) is 18.7 Å². The van der Waals surface area contributed by atoms with Crippen LogP contribution in [0.4, 0.5) is 5.82 Å². The third-order valence-corrected chi connectivity index (χ3v) is 3.18. The molecule has 0 bridgehead atoms. The van der Waals surface area contributed by atoms with Crippen molar-refractivity contribution < 1.29 is 4.79 Å². The van der Waals surface area contributed by atoms with E-state index in [9.17, 15) is 4.79 Å². The molecule has 1 unspecified atom stereocenters. The first-order chi connectivity index (χ1) is 7.68. The van der Waals surface area contributed by atoms with Crippen LogP contribution in [0.5, 0.6) is 0 Å². The van der Waals surface area contributed by atoms with Gasteiger partial charge in [0.2, 0.25) is 5.91 Å². The molecule has 1 saturated heterocycles. The fraction of sp³-hybridized carbons (Fsp3) is 0.500. The van der Waals surface area contributed by atoms with Crippen LogP contribution in [-0.4, -0.2) is 24.0 Å². The van der Waals surface area contributed by atoms with Gasteiger partial charge in [-0.25, -0.2) is 4.98 Å². The second-order valence-electron chi connectivity index (χ2n) is 4.37. The average Bonchev–Trinajstić information content (AvgIpc) is 2.18. The topological polar surface area (TPSA) is 54.0 Å². The molecule has 1 atom stereocenters. The summed E-state index contributed by atoms with van der Waals surface area (Å²) in [6.07, 6.45) is 1.69. The Hall–Kier alpha value is -1.42. The van der Waals surface area contributed by atoms with E-state index >= 15 is 0 Å². The van der Waals surface area contributed by atoms with Gasteiger partial charge in [-0.2, -0.15) is 0 Å². The number of aromatic nitrogens is 1. The number of amides is 1. The molecule has 1 fully saturated rings. The van der Waals surface area contributed by atoms with Crippen LogP contribution < -0.4 is 10.6 Å². The highest BCUT2D eigenvalue weighted by atomic mass is 16.1. The van der Waals surface area contributed by atoms with Gasteiger partial charge in [-0.05, 0) is 37.6 Å². The minimum atomic E-state index is 0.0441. The number of aryl methyl sites for hydroxylation is 1. The van der Waals surface area contributed by atoms with E-state index in [2.05, 4.69) is 15.6 Å². The van der Waals surface area contributed by atoms with Crippen molar-refractivity contribution in [2.75, 3.05) is 18.4 Å². The third-order valence-electron chi connectivity index (χ3n) is 3.18. The summed E-state index contributed by atoms with van der Waals surface area (Å²) in [4.78, 5) is 16.1. The lowest BCUT2D eigenvalue weighted by Gasteiger charge is -2.31. The smallest absolute Gasteiger partial charge is 0.228 e. The lowest BCUT2D eigenvalue weighted by Crippen LogP contribution is -2.48. The summed E-state index contributed by atoms with van der Waals surface area (Å²) in [5.41, 5.74) is 0.995. The van der Waals surface area contributed by atoms with Gasteiger partial charge in [0.05, 0.1) is 0 Å². The van der Waals surface area contributed by atoms with Gasteiger partial charge in [-0.15, -0.1) is 0 Å². The average molecular weight is 219 g/mol. The monoisotopic (exact) mass is 219 g/mol. The highest BCUT2D eigenvalue weighted by molar-refractivity contribution is 5.92. The summed E-state index contributed by atoms with van der Waals surface area (Å²) in [6.45, 7) is 5.79. The molecular weight excluding hydrogens is 202 g/mol. The van der Waals surface area contributed by atoms with Crippen LogP contribution in [0.15, 0.2) is 18.3 Å². The summed E-state index contributed by atoms with van der Waals surface area (Å²) < 4.78 is 0. The Labute approximate surface area is 95.5 Å². The van der Waals surface area contributed by atoms with Crippen LogP contribution in [0.25, 0.3) is 0 Å². The highest BCUT2D eigenvalue weighted by Crippen LogP contribution is 2.18. The van der Waals surface area contributed by atoms with E-state index in [0.29, 0.717) is 11.7 Å². The SMILES string of the molecule is Cc1cccnc1NC(=O)C(C)C1CNC1. The van der Waals surface area contributed by atoms with E-state index in [4.69, 9.17) is 0 Å². The first-order valence-electron chi connectivity index (χ1n) is 5.61. The molecule has 16 heavy (non-hydrogen) atoms. The van der Waals surface area contributed by atoms with Crippen LogP contribution in [-0.2, 0) is 4.79 Å². The van der Waals surface area contributed by atoms with Crippen LogP contribution in [0.2, 0.25) is 0 Å². The Morgan fingerprint density at radius 3 is 2.94 bits per heavy atom. The Bertz CT molecular complexity index is 388. The fourth-order valence-corrected chi connectivity index (χ4v) is 1.73. The van der Waals surface area contributed by atoms with E-state index in [1.54, 1.807) is 6.20 Å². The number of pyridine rings is 1. The summed E-state index contributed by atoms with van der Waals surface area (Å²) in [6, 6.07) is 3.81. The molecule has 0 aromatic carbocycles. The van der Waals surface area contributed by atoms with Gasteiger partial charge in [-0.3, -0.25) is 4.79 Å². The zero-order chi connectivity index (χ0) is 11.5. The second-order valence-corrected chi connectivity index (χ2v) is 4.37. The number of hydrogen-bond donors (Lipinski definition) is 2. The standard InChI is InChI=1S/C12H17N3O/c1-8-4-3-5-14-11(8)15-12(16)9(2)10-6-13-7-10/h3-5,9-10,13H,6-7H2,1-2H3,(H,14,15,16). The quantitative estimate of drug-likeness (QED) is 0.802. The predicted octanol–water partition coefficient (Wildman–Crippen LogP) is 1.18. The molecule has 1 aliphatic rings. The number of carbonyl (C=O) groups is 1. The van der Waals surface area contributed by atoms with Crippen LogP contribution in [0, 0.1) is 18.8 Å². The highest BCUT2D eigenvalue weighted by Gasteiger charge is 2.28. The van der Waals surface area contributed by atoms with Crippen molar-refractivity contribution in [2.45, 2.75) is 13.8 Å². The number of anilines is 1. The van der Waals surface area contributed by atoms with Gasteiger partial charge < -0.3 is 10.6 Å². The maximum atomic E-state index is 11.9. The molecular formula is C12H17N3O. The Balaban J connectivity index is 1.99. The molecule has 1 aromatic rings. The summed E-state index contributed by atoms with van der Waals surface area (Å²) in [5.74, 6) is 1.24. The van der Waals surface area contributed by atoms with Crippen molar-refractivity contribution >= 4 is 11.7 Å². The van der Waals surface area contributed by atoms with Gasteiger partial charge in [0, 0.05) is 12.1 Å². The molecule has 4 heteroatoms. The normalized spacial score (nSPS) is 17.6. The number of rotatable bonds is 3. The molecule has 1 aliphatic heterocycles. The molecule has 1 amide bonds. The fourth-order valence-electron chi connectivity index (χ4n) is 1.73. The number of nitrogens with one attached hydrogen (secondary N) is 2. The number of hydrogen-bond acceptors (Lipinski definition) is 3. The Morgan fingerprint density at radius 2 is 2.38 bits per heavy atom. The molecule has 0 spiro atoms. The molecule has 1 aromatic heterocycles. The van der Waals surface area contributed by atoms with E-state index in [-0.39, 0.29) is 11.8 Å². The van der Waals surface area contributed by atoms with E-state index in [1.165, 1.54) is 0 Å². The lowest BCUT2D eigenvalue weighted by atomic mass is 9.88. The molecule has 0 radical (unpaired) electrons. The molecule has 86 valence electrons. The van der Waals surface area contributed by atoms with Gasteiger partial charge in [0.25, 0.3) is 0 Å². The molecule has 0 aliphatic carbocycles. The molecule has 2 N–H and O–H groups in total. The van der Waals surface area contributed by atoms with E-state index in [1.807, 2.05) is 26.0 Å². The van der Waals surface area contributed by atoms with Crippen molar-refractivity contribution in [3.8, 4) is 0 Å². The van der Waals surface area contributed by atoms with Crippen molar-refractivity contribution in [3.63, 3.8) is 0 Å². The van der Waals surface area contributed by atoms with Crippen molar-refractivity contribution in [2.24, 2.45) is 11.8 Å². The summed E-state index contributed by atoms with van der Waals surface area (Å²) in [7, 11) is 0. The summed E-state index contributed by atoms with van der Waals surface area (Å²) in [5, 5.41) is 6.06. The maximum Gasteiger partial charge on any atom is 0.228 e. The van der Waals surface area contributed by atoms with Crippen molar-refractivity contribution in [1.29, 1.82) is 0 Å². The van der Waals surface area contributed by atoms with Crippen molar-refractivity contribution in [3.05, 3.63) is 23.9 Å². The predicted molar refractivity (Wildman–Crippen MR) is 63.1 cm³/mol. The van der Waals surface area contributed by atoms with Crippen LogP contribution in [0.1, 0.15) is 12.5 Å². The van der Waals surface area contributed by atoms with Gasteiger partial charge >= 0.3 is 0 Å². The Morgan fingerprint density at radius 1 is 1.62 bits per heavy atom. The molecule has 4 nitrogen and oxygen atoms in total. The first kappa shape index (κ1) is 11.1. The minimum absolute atomic E-state index is 0.0441. The van der Waals surface area contributed by atoms with Gasteiger partial charge in [0.1, 0.15) is 5.82 Å². The van der Waals surface area contributed by atoms with Crippen molar-refractivity contribution in [1.82, 2.24) is 10.3 Å². The molecule has 0 saturated carbocycles. The van der Waals surface area contributed by atoms with Gasteiger partial charge in [-0.1, -0.05) is 13.0 Å². The zero-order valence-electron chi connectivity index (χ0n) is 9.66. The maximum absolute atomic E-state index is 11.9. The second kappa shape index (κ2) is 4.61. The van der Waals surface area contributed by atoms with E-state index < -0.39 is 0 Å². The number of nitrogens with zero attached hydrogens (tertiary/aromatic N) is 1. The molecule has 2 heterocycles. The van der Waals surface area contributed by atoms with Crippen LogP contribution in [0.3, 0.4) is 0 Å². The zero-order valence-corrected chi connectivity index (χ0v) is 9.66. The molecule has 2 rings (SSSR count). The largest absolute Gasteiger partial charge is 0.316 e. The third kappa shape index (κ3) is 2.22. The Kier molecular flexibility index (Phi) is 3.19. The first-order valence-corrected chi connectivity index (χ1v) is 5.61. The van der Waals surface area contributed by atoms with Gasteiger partial charge in [0.15, 0.2) is 0 Å². The lowest BCUT2D eigenvalue weighted by molar-refractivity contribution is -0.121.